The van der Waals surface area contributed by atoms with E-state index >= 15 is 0 Å². The molecule has 2 N–H and O–H groups in total. The minimum atomic E-state index is 0.0666. The van der Waals surface area contributed by atoms with Crippen molar-refractivity contribution in [2.75, 3.05) is 18.4 Å². The fourth-order valence-electron chi connectivity index (χ4n) is 1.50. The van der Waals surface area contributed by atoms with E-state index in [-0.39, 0.29) is 5.91 Å². The van der Waals surface area contributed by atoms with Crippen LogP contribution in [0.4, 0.5) is 5.69 Å². The molecule has 0 unspecified atom stereocenters. The molecule has 86 valence electrons. The molecule has 0 radical (unpaired) electrons. The summed E-state index contributed by atoms with van der Waals surface area (Å²) < 4.78 is 0. The molecular weight excluding hydrogens is 200 g/mol. The van der Waals surface area contributed by atoms with E-state index in [9.17, 15) is 4.79 Å². The number of para-hydroxylation sites is 1. The molecule has 1 fully saturated rings. The number of hydrogen-bond acceptors (Lipinski definition) is 2. The normalized spacial score (nSPS) is 16.6. The van der Waals surface area contributed by atoms with Crippen molar-refractivity contribution in [1.29, 1.82) is 0 Å². The average molecular weight is 218 g/mol. The number of nitrogens with one attached hydrogen (secondary N) is 2. The van der Waals surface area contributed by atoms with Crippen LogP contribution in [0.15, 0.2) is 30.3 Å². The maximum atomic E-state index is 11.5. The largest absolute Gasteiger partial charge is 0.376 e. The van der Waals surface area contributed by atoms with Crippen molar-refractivity contribution < 1.29 is 4.79 Å². The first kappa shape index (κ1) is 11.0. The van der Waals surface area contributed by atoms with Gasteiger partial charge in [-0.05, 0) is 30.4 Å². The second-order valence-electron chi connectivity index (χ2n) is 4.81. The molecule has 0 aliphatic heterocycles. The molecule has 1 aliphatic carbocycles. The summed E-state index contributed by atoms with van der Waals surface area (Å²) in [6, 6.07) is 9.76. The van der Waals surface area contributed by atoms with Gasteiger partial charge in [0.05, 0.1) is 6.54 Å². The van der Waals surface area contributed by atoms with Gasteiger partial charge in [-0.2, -0.15) is 0 Å². The summed E-state index contributed by atoms with van der Waals surface area (Å²) in [7, 11) is 0. The third-order valence-corrected chi connectivity index (χ3v) is 3.04. The van der Waals surface area contributed by atoms with Gasteiger partial charge in [-0.25, -0.2) is 0 Å². The van der Waals surface area contributed by atoms with E-state index in [0.717, 1.165) is 12.2 Å². The van der Waals surface area contributed by atoms with E-state index < -0.39 is 0 Å². The number of amides is 1. The van der Waals surface area contributed by atoms with E-state index in [4.69, 9.17) is 0 Å². The van der Waals surface area contributed by atoms with Crippen LogP contribution in [0.2, 0.25) is 0 Å². The lowest BCUT2D eigenvalue weighted by atomic mass is 10.1. The Labute approximate surface area is 96.2 Å². The highest BCUT2D eigenvalue weighted by atomic mass is 16.1. The zero-order valence-corrected chi connectivity index (χ0v) is 9.62. The van der Waals surface area contributed by atoms with Crippen molar-refractivity contribution in [1.82, 2.24) is 5.32 Å². The quantitative estimate of drug-likeness (QED) is 0.793. The summed E-state index contributed by atoms with van der Waals surface area (Å²) in [5, 5.41) is 6.04. The fraction of sp³-hybridized carbons (Fsp3) is 0.462. The molecule has 0 spiro atoms. The SMILES string of the molecule is CC1(CNC(=O)CNc2ccccc2)CC1. The molecule has 0 heterocycles. The average Bonchev–Trinajstić information content (AvgIpc) is 3.04. The molecule has 1 aromatic carbocycles. The van der Waals surface area contributed by atoms with Gasteiger partial charge in [-0.3, -0.25) is 4.79 Å². The Hall–Kier alpha value is -1.51. The first-order chi connectivity index (χ1) is 7.68. The molecule has 3 nitrogen and oxygen atoms in total. The Morgan fingerprint density at radius 1 is 1.31 bits per heavy atom. The number of carbonyl (C=O) groups excluding carboxylic acids is 1. The third kappa shape index (κ3) is 3.26. The van der Waals surface area contributed by atoms with Crippen molar-refractivity contribution in [2.24, 2.45) is 5.41 Å². The van der Waals surface area contributed by atoms with Gasteiger partial charge >= 0.3 is 0 Å². The standard InChI is InChI=1S/C13H18N2O/c1-13(7-8-13)10-15-12(16)9-14-11-5-3-2-4-6-11/h2-6,14H,7-10H2,1H3,(H,15,16). The number of anilines is 1. The minimum Gasteiger partial charge on any atom is -0.376 e. The molecule has 3 heteroatoms. The topological polar surface area (TPSA) is 41.1 Å². The zero-order valence-electron chi connectivity index (χ0n) is 9.62. The van der Waals surface area contributed by atoms with Crippen LogP contribution in [0, 0.1) is 5.41 Å². The van der Waals surface area contributed by atoms with Crippen molar-refractivity contribution in [2.45, 2.75) is 19.8 Å². The highest BCUT2D eigenvalue weighted by Gasteiger charge is 2.37. The molecule has 16 heavy (non-hydrogen) atoms. The summed E-state index contributed by atoms with van der Waals surface area (Å²) in [5.41, 5.74) is 1.36. The second kappa shape index (κ2) is 4.56. The third-order valence-electron chi connectivity index (χ3n) is 3.04. The predicted octanol–water partition coefficient (Wildman–Crippen LogP) is 2.01. The van der Waals surface area contributed by atoms with Crippen molar-refractivity contribution >= 4 is 11.6 Å². The highest BCUT2D eigenvalue weighted by molar-refractivity contribution is 5.80. The minimum absolute atomic E-state index is 0.0666. The molecule has 1 amide bonds. The molecule has 0 saturated heterocycles. The van der Waals surface area contributed by atoms with Crippen molar-refractivity contribution in [3.63, 3.8) is 0 Å². The molecule has 2 rings (SSSR count). The van der Waals surface area contributed by atoms with Gasteiger partial charge in [-0.15, -0.1) is 0 Å². The summed E-state index contributed by atoms with van der Waals surface area (Å²) in [6.45, 7) is 3.36. The van der Waals surface area contributed by atoms with Crippen LogP contribution in [0.1, 0.15) is 19.8 Å². The molecule has 0 aromatic heterocycles. The van der Waals surface area contributed by atoms with Crippen LogP contribution in [-0.4, -0.2) is 19.0 Å². The van der Waals surface area contributed by atoms with Crippen molar-refractivity contribution in [3.05, 3.63) is 30.3 Å². The van der Waals surface area contributed by atoms with Gasteiger partial charge in [0.15, 0.2) is 0 Å². The van der Waals surface area contributed by atoms with Gasteiger partial charge in [0.25, 0.3) is 0 Å². The maximum absolute atomic E-state index is 11.5. The lowest BCUT2D eigenvalue weighted by Gasteiger charge is -2.11. The van der Waals surface area contributed by atoms with Crippen LogP contribution in [0.5, 0.6) is 0 Å². The van der Waals surface area contributed by atoms with Crippen LogP contribution in [0.3, 0.4) is 0 Å². The van der Waals surface area contributed by atoms with Gasteiger partial charge in [0.1, 0.15) is 0 Å². The Morgan fingerprint density at radius 3 is 2.62 bits per heavy atom. The molecule has 0 bridgehead atoms. The van der Waals surface area contributed by atoms with Crippen molar-refractivity contribution in [3.8, 4) is 0 Å². The van der Waals surface area contributed by atoms with Crippen LogP contribution < -0.4 is 10.6 Å². The molecule has 1 aliphatic rings. The van der Waals surface area contributed by atoms with E-state index in [1.165, 1.54) is 12.8 Å². The molecule has 1 aromatic rings. The Balaban J connectivity index is 1.68. The number of rotatable bonds is 5. The zero-order chi connectivity index (χ0) is 11.4. The number of hydrogen-bond donors (Lipinski definition) is 2. The summed E-state index contributed by atoms with van der Waals surface area (Å²) >= 11 is 0. The van der Waals surface area contributed by atoms with E-state index in [0.29, 0.717) is 12.0 Å². The molecule has 0 atom stereocenters. The van der Waals surface area contributed by atoms with Gasteiger partial charge in [-0.1, -0.05) is 25.1 Å². The van der Waals surface area contributed by atoms with Crippen LogP contribution in [-0.2, 0) is 4.79 Å². The van der Waals surface area contributed by atoms with Gasteiger partial charge in [0.2, 0.25) is 5.91 Å². The first-order valence-corrected chi connectivity index (χ1v) is 5.74. The van der Waals surface area contributed by atoms with Gasteiger partial charge < -0.3 is 10.6 Å². The van der Waals surface area contributed by atoms with E-state index in [1.54, 1.807) is 0 Å². The Bertz CT molecular complexity index is 357. The predicted molar refractivity (Wildman–Crippen MR) is 65.3 cm³/mol. The van der Waals surface area contributed by atoms with Crippen LogP contribution in [0.25, 0.3) is 0 Å². The molecule has 1 saturated carbocycles. The first-order valence-electron chi connectivity index (χ1n) is 5.74. The number of benzene rings is 1. The van der Waals surface area contributed by atoms with E-state index in [2.05, 4.69) is 17.6 Å². The van der Waals surface area contributed by atoms with Crippen LogP contribution >= 0.6 is 0 Å². The van der Waals surface area contributed by atoms with Gasteiger partial charge in [0, 0.05) is 12.2 Å². The smallest absolute Gasteiger partial charge is 0.239 e. The summed E-state index contributed by atoms with van der Waals surface area (Å²) in [6.07, 6.45) is 2.47. The lowest BCUT2D eigenvalue weighted by molar-refractivity contribution is -0.119. The maximum Gasteiger partial charge on any atom is 0.239 e. The Kier molecular flexibility index (Phi) is 3.13. The lowest BCUT2D eigenvalue weighted by Crippen LogP contribution is -2.33. The summed E-state index contributed by atoms with van der Waals surface area (Å²) in [4.78, 5) is 11.5. The monoisotopic (exact) mass is 218 g/mol. The molecular formula is C13H18N2O. The highest BCUT2D eigenvalue weighted by Crippen LogP contribution is 2.43. The Morgan fingerprint density at radius 2 is 2.00 bits per heavy atom. The summed E-state index contributed by atoms with van der Waals surface area (Å²) in [5.74, 6) is 0.0666. The second-order valence-corrected chi connectivity index (χ2v) is 4.81. The van der Waals surface area contributed by atoms with E-state index in [1.807, 2.05) is 30.3 Å². The fourth-order valence-corrected chi connectivity index (χ4v) is 1.50. The number of carbonyl (C=O) groups is 1.